The Labute approximate surface area is 428 Å². The lowest BCUT2D eigenvalue weighted by molar-refractivity contribution is 0.632. The molecule has 0 saturated heterocycles. The minimum Gasteiger partial charge on any atom is -0.0654 e. The number of hydrogen-bond acceptors (Lipinski definition) is 0. The van der Waals surface area contributed by atoms with Crippen LogP contribution in [-0.2, 0) is 6.42 Å². The van der Waals surface area contributed by atoms with Crippen LogP contribution in [0.15, 0.2) is 267 Å². The molecule has 0 radical (unpaired) electrons. The third-order valence-electron chi connectivity index (χ3n) is 10.2. The van der Waals surface area contributed by atoms with Crippen LogP contribution in [0.2, 0.25) is 0 Å². The molecule has 0 atom stereocenters. The fourth-order valence-electron chi connectivity index (χ4n) is 5.96. The quantitative estimate of drug-likeness (QED) is 0.146. The summed E-state index contributed by atoms with van der Waals surface area (Å²) >= 11 is 0. The zero-order valence-corrected chi connectivity index (χ0v) is 44.6. The fraction of sp³-hybridized carbons (Fsp3) is 0.229. The van der Waals surface area contributed by atoms with E-state index in [4.69, 9.17) is 0 Å². The Morgan fingerprint density at radius 2 is 0.357 bits per heavy atom. The van der Waals surface area contributed by atoms with Crippen LogP contribution in [-0.4, -0.2) is 0 Å². The first-order chi connectivity index (χ1) is 34.0. The van der Waals surface area contributed by atoms with Crippen LogP contribution < -0.4 is 0 Å². The summed E-state index contributed by atoms with van der Waals surface area (Å²) < 4.78 is 0. The molecule has 0 aliphatic heterocycles. The van der Waals surface area contributed by atoms with E-state index in [0.717, 1.165) is 0 Å². The lowest BCUT2D eigenvalue weighted by Gasteiger charge is -2.01. The summed E-state index contributed by atoms with van der Waals surface area (Å²) in [5.41, 5.74) is 13.4. The highest BCUT2D eigenvalue weighted by Gasteiger charge is 1.93. The van der Waals surface area contributed by atoms with Crippen molar-refractivity contribution in [1.29, 1.82) is 0 Å². The van der Waals surface area contributed by atoms with Crippen molar-refractivity contribution in [2.45, 2.75) is 108 Å². The molecule has 0 aromatic heterocycles. The maximum absolute atomic E-state index is 2.26. The molecule has 0 unspecified atom stereocenters. The van der Waals surface area contributed by atoms with Gasteiger partial charge in [0.2, 0.25) is 0 Å². The van der Waals surface area contributed by atoms with Crippen molar-refractivity contribution in [2.24, 2.45) is 0 Å². The maximum atomic E-state index is 2.26. The van der Waals surface area contributed by atoms with Crippen molar-refractivity contribution in [1.82, 2.24) is 0 Å². The summed E-state index contributed by atoms with van der Waals surface area (Å²) in [5, 5.41) is 0. The zero-order valence-electron chi connectivity index (χ0n) is 44.6. The molecule has 0 heterocycles. The van der Waals surface area contributed by atoms with E-state index < -0.39 is 0 Å². The monoisotopic (exact) mass is 927 g/mol. The average molecular weight is 927 g/mol. The largest absolute Gasteiger partial charge is 0.0654 e. The average Bonchev–Trinajstić information content (AvgIpc) is 3.38. The minimum absolute atomic E-state index is 1.25. The van der Waals surface area contributed by atoms with E-state index in [9.17, 15) is 0 Å². The number of unbranched alkanes of at least 4 members (excludes halogenated alkanes) is 4. The van der Waals surface area contributed by atoms with Crippen molar-refractivity contribution in [3.05, 3.63) is 323 Å². The Morgan fingerprint density at radius 1 is 0.186 bits per heavy atom. The van der Waals surface area contributed by atoms with Gasteiger partial charge >= 0.3 is 0 Å². The molecule has 0 spiro atoms. The molecule has 9 rings (SSSR count). The second-order valence-electron chi connectivity index (χ2n) is 17.4. The van der Waals surface area contributed by atoms with E-state index in [2.05, 4.69) is 191 Å². The topological polar surface area (TPSA) is 0 Å². The molecule has 0 saturated carbocycles. The Kier molecular flexibility index (Phi) is 37.7. The first-order valence-corrected chi connectivity index (χ1v) is 25.2. The number of benzene rings is 9. The SMILES string of the molecule is CCCCCCCc1ccc(C)cc1.Cc1ccccc1.Cc1ccccc1.Cc1ccccc1.Cc1ccccc1.Cc1ccccc1.Cc1ccccc1.Cc1ccccc1.Cc1ccccc1. The van der Waals surface area contributed by atoms with Crippen molar-refractivity contribution >= 4 is 0 Å². The van der Waals surface area contributed by atoms with Gasteiger partial charge in [0.25, 0.3) is 0 Å². The molecule has 0 aliphatic rings. The van der Waals surface area contributed by atoms with Crippen LogP contribution in [0.1, 0.15) is 94.7 Å². The van der Waals surface area contributed by atoms with Gasteiger partial charge in [-0.3, -0.25) is 0 Å². The first-order valence-electron chi connectivity index (χ1n) is 25.2. The van der Waals surface area contributed by atoms with E-state index in [1.807, 2.05) is 146 Å². The number of aryl methyl sites for hydroxylation is 10. The second-order valence-corrected chi connectivity index (χ2v) is 17.4. The normalized spacial score (nSPS) is 9.06. The van der Waals surface area contributed by atoms with Crippen LogP contribution in [0.25, 0.3) is 0 Å². The third-order valence-corrected chi connectivity index (χ3v) is 10.2. The van der Waals surface area contributed by atoms with Gasteiger partial charge in [-0.05, 0) is 80.7 Å². The smallest absolute Gasteiger partial charge is 0.0279 e. The Hall–Kier alpha value is -7.02. The van der Waals surface area contributed by atoms with Gasteiger partial charge in [0.1, 0.15) is 0 Å². The zero-order chi connectivity index (χ0) is 51.1. The summed E-state index contributed by atoms with van der Waals surface area (Å²) in [6, 6.07) is 91.0. The van der Waals surface area contributed by atoms with E-state index in [-0.39, 0.29) is 0 Å². The third kappa shape index (κ3) is 40.1. The highest BCUT2D eigenvalue weighted by Crippen LogP contribution is 2.10. The van der Waals surface area contributed by atoms with Crippen molar-refractivity contribution in [2.75, 3.05) is 0 Å². The van der Waals surface area contributed by atoms with Crippen molar-refractivity contribution < 1.29 is 0 Å². The molecule has 0 N–H and O–H groups in total. The molecule has 9 aromatic rings. The fourth-order valence-corrected chi connectivity index (χ4v) is 5.96. The summed E-state index contributed by atoms with van der Waals surface area (Å²) in [4.78, 5) is 0. The van der Waals surface area contributed by atoms with Crippen LogP contribution in [0.4, 0.5) is 0 Å². The molecular formula is C70H86. The molecule has 366 valence electrons. The summed E-state index contributed by atoms with van der Waals surface area (Å²) in [5.74, 6) is 0. The second kappa shape index (κ2) is 43.3. The predicted octanol–water partition coefficient (Wildman–Crippen LogP) is 20.5. The molecule has 9 aromatic carbocycles. The van der Waals surface area contributed by atoms with Gasteiger partial charge in [-0.25, -0.2) is 0 Å². The summed E-state index contributed by atoms with van der Waals surface area (Å²) in [7, 11) is 0. The van der Waals surface area contributed by atoms with Gasteiger partial charge in [0.05, 0.1) is 0 Å². The highest BCUT2D eigenvalue weighted by molar-refractivity contribution is 5.21. The molecule has 0 amide bonds. The summed E-state index contributed by atoms with van der Waals surface area (Å²) in [6.07, 6.45) is 8.13. The van der Waals surface area contributed by atoms with Gasteiger partial charge in [0, 0.05) is 0 Å². The molecule has 0 bridgehead atoms. The van der Waals surface area contributed by atoms with Crippen LogP contribution in [0.3, 0.4) is 0 Å². The predicted molar refractivity (Wildman–Crippen MR) is 313 cm³/mol. The van der Waals surface area contributed by atoms with Gasteiger partial charge in [-0.15, -0.1) is 0 Å². The highest BCUT2D eigenvalue weighted by atomic mass is 14.0. The van der Waals surface area contributed by atoms with Gasteiger partial charge in [-0.1, -0.05) is 350 Å². The Balaban J connectivity index is 0.000000399. The summed E-state index contributed by atoms with van der Waals surface area (Å²) in [6.45, 7) is 21.1. The molecule has 70 heavy (non-hydrogen) atoms. The van der Waals surface area contributed by atoms with Gasteiger partial charge in [0.15, 0.2) is 0 Å². The first kappa shape index (κ1) is 61.0. The van der Waals surface area contributed by atoms with Crippen LogP contribution in [0.5, 0.6) is 0 Å². The standard InChI is InChI=1S/C14H22.8C7H8/c1-3-4-5-6-7-8-14-11-9-13(2)10-12-14;8*1-7-5-3-2-4-6-7/h9-12H,3-8H2,1-2H3;8*2-6H,1H3. The molecular weight excluding hydrogens is 841 g/mol. The van der Waals surface area contributed by atoms with Crippen LogP contribution >= 0.6 is 0 Å². The van der Waals surface area contributed by atoms with E-state index in [1.165, 1.54) is 94.2 Å². The lowest BCUT2D eigenvalue weighted by atomic mass is 10.0. The molecule has 0 heteroatoms. The van der Waals surface area contributed by atoms with Crippen LogP contribution in [0, 0.1) is 62.3 Å². The van der Waals surface area contributed by atoms with E-state index in [0.29, 0.717) is 0 Å². The Bertz CT molecular complexity index is 1940. The number of hydrogen-bond donors (Lipinski definition) is 0. The molecule has 0 nitrogen and oxygen atoms in total. The Morgan fingerprint density at radius 3 is 0.514 bits per heavy atom. The van der Waals surface area contributed by atoms with Crippen molar-refractivity contribution in [3.8, 4) is 0 Å². The van der Waals surface area contributed by atoms with E-state index >= 15 is 0 Å². The van der Waals surface area contributed by atoms with E-state index in [1.54, 1.807) is 0 Å². The lowest BCUT2D eigenvalue weighted by Crippen LogP contribution is -1.86. The molecule has 0 aliphatic carbocycles. The molecule has 0 fully saturated rings. The van der Waals surface area contributed by atoms with Gasteiger partial charge in [-0.2, -0.15) is 0 Å². The maximum Gasteiger partial charge on any atom is -0.0279 e. The van der Waals surface area contributed by atoms with Crippen molar-refractivity contribution in [3.63, 3.8) is 0 Å². The van der Waals surface area contributed by atoms with Gasteiger partial charge < -0.3 is 0 Å². The number of rotatable bonds is 6. The minimum atomic E-state index is 1.25.